The van der Waals surface area contributed by atoms with Crippen LogP contribution in [0.25, 0.3) is 11.6 Å². The Hall–Kier alpha value is -1.60. The molecule has 2 aromatic rings. The fraction of sp³-hybridized carbons (Fsp3) is 0.188. The number of halogens is 1. The van der Waals surface area contributed by atoms with Crippen molar-refractivity contribution in [2.24, 2.45) is 0 Å². The summed E-state index contributed by atoms with van der Waals surface area (Å²) in [4.78, 5) is 4.05. The van der Waals surface area contributed by atoms with Gasteiger partial charge in [-0.05, 0) is 54.2 Å². The van der Waals surface area contributed by atoms with E-state index in [0.29, 0.717) is 0 Å². The van der Waals surface area contributed by atoms with Gasteiger partial charge in [0, 0.05) is 12.4 Å². The van der Waals surface area contributed by atoms with Crippen LogP contribution in [-0.4, -0.2) is 4.98 Å². The van der Waals surface area contributed by atoms with E-state index >= 15 is 0 Å². The number of hydrogen-bond acceptors (Lipinski definition) is 1. The molecule has 0 amide bonds. The van der Waals surface area contributed by atoms with Crippen LogP contribution in [0.2, 0.25) is 0 Å². The number of rotatable bonds is 1. The molecule has 1 nitrogen and oxygen atoms in total. The molecule has 3 rings (SSSR count). The summed E-state index contributed by atoms with van der Waals surface area (Å²) in [5, 5.41) is 0. The Balaban J connectivity index is 0.00000120. The molecule has 92 valence electrons. The predicted molar refractivity (Wildman–Crippen MR) is 78.9 cm³/mol. The maximum atomic E-state index is 4.05. The van der Waals surface area contributed by atoms with E-state index in [4.69, 9.17) is 0 Å². The van der Waals surface area contributed by atoms with Crippen LogP contribution in [0.4, 0.5) is 0 Å². The zero-order valence-corrected chi connectivity index (χ0v) is 11.2. The van der Waals surface area contributed by atoms with E-state index < -0.39 is 0 Å². The Labute approximate surface area is 114 Å². The first-order valence-corrected chi connectivity index (χ1v) is 6.03. The molecule has 1 aromatic heterocycles. The van der Waals surface area contributed by atoms with Crippen LogP contribution in [-0.2, 0) is 6.42 Å². The van der Waals surface area contributed by atoms with Crippen LogP contribution in [0.5, 0.6) is 0 Å². The zero-order chi connectivity index (χ0) is 11.7. The van der Waals surface area contributed by atoms with Gasteiger partial charge in [-0.1, -0.05) is 29.8 Å². The van der Waals surface area contributed by atoms with Crippen molar-refractivity contribution in [2.75, 3.05) is 0 Å². The van der Waals surface area contributed by atoms with Crippen LogP contribution in [0.1, 0.15) is 28.7 Å². The summed E-state index contributed by atoms with van der Waals surface area (Å²) < 4.78 is 0. The highest BCUT2D eigenvalue weighted by atomic mass is 35.5. The third kappa shape index (κ3) is 2.46. The fourth-order valence-corrected chi connectivity index (χ4v) is 2.42. The SMILES string of the molecule is Cc1ccc2c(c1)/C(=C/c1ccncc1)CC2.Cl. The normalized spacial score (nSPS) is 15.3. The van der Waals surface area contributed by atoms with Gasteiger partial charge in [-0.2, -0.15) is 0 Å². The molecule has 0 radical (unpaired) electrons. The van der Waals surface area contributed by atoms with Gasteiger partial charge in [0.25, 0.3) is 0 Å². The van der Waals surface area contributed by atoms with Crippen molar-refractivity contribution in [2.45, 2.75) is 19.8 Å². The molecule has 1 aliphatic rings. The molecule has 2 heteroatoms. The van der Waals surface area contributed by atoms with Gasteiger partial charge in [-0.25, -0.2) is 0 Å². The van der Waals surface area contributed by atoms with Crippen molar-refractivity contribution in [1.29, 1.82) is 0 Å². The molecule has 1 aromatic carbocycles. The minimum atomic E-state index is 0. The number of fused-ring (bicyclic) bond motifs is 1. The molecule has 0 unspecified atom stereocenters. The molecule has 0 N–H and O–H groups in total. The third-order valence-electron chi connectivity index (χ3n) is 3.32. The maximum absolute atomic E-state index is 4.05. The van der Waals surface area contributed by atoms with Crippen LogP contribution in [0.3, 0.4) is 0 Å². The molecule has 1 heterocycles. The predicted octanol–water partition coefficient (Wildman–Crippen LogP) is 4.30. The van der Waals surface area contributed by atoms with Gasteiger partial charge in [0.15, 0.2) is 0 Å². The summed E-state index contributed by atoms with van der Waals surface area (Å²) in [7, 11) is 0. The first kappa shape index (κ1) is 12.8. The molecule has 0 fully saturated rings. The second kappa shape index (κ2) is 5.36. The lowest BCUT2D eigenvalue weighted by atomic mass is 10.0. The topological polar surface area (TPSA) is 12.9 Å². The Bertz CT molecular complexity index is 573. The Morgan fingerprint density at radius 2 is 1.83 bits per heavy atom. The number of aryl methyl sites for hydroxylation is 2. The lowest BCUT2D eigenvalue weighted by Gasteiger charge is -2.03. The summed E-state index contributed by atoms with van der Waals surface area (Å²) in [5.41, 5.74) is 6.95. The van der Waals surface area contributed by atoms with Crippen LogP contribution in [0, 0.1) is 6.92 Å². The summed E-state index contributed by atoms with van der Waals surface area (Å²) in [5.74, 6) is 0. The standard InChI is InChI=1S/C16H15N.ClH/c1-12-2-3-14-4-5-15(16(14)10-12)11-13-6-8-17-9-7-13;/h2-3,6-11H,4-5H2,1H3;1H/b15-11+;. The van der Waals surface area contributed by atoms with E-state index in [1.54, 1.807) is 0 Å². The van der Waals surface area contributed by atoms with Crippen LogP contribution < -0.4 is 0 Å². The molecule has 0 spiro atoms. The average molecular weight is 258 g/mol. The number of pyridine rings is 1. The van der Waals surface area contributed by atoms with E-state index in [1.807, 2.05) is 12.4 Å². The van der Waals surface area contributed by atoms with Crippen LogP contribution >= 0.6 is 12.4 Å². The number of hydrogen-bond donors (Lipinski definition) is 0. The van der Waals surface area contributed by atoms with Crippen molar-refractivity contribution >= 4 is 24.1 Å². The van der Waals surface area contributed by atoms with Gasteiger partial charge in [0.1, 0.15) is 0 Å². The summed E-state index contributed by atoms with van der Waals surface area (Å²) in [6.45, 7) is 2.16. The first-order valence-electron chi connectivity index (χ1n) is 6.03. The van der Waals surface area contributed by atoms with E-state index in [1.165, 1.54) is 34.2 Å². The van der Waals surface area contributed by atoms with Crippen molar-refractivity contribution < 1.29 is 0 Å². The van der Waals surface area contributed by atoms with E-state index in [0.717, 1.165) is 6.42 Å². The van der Waals surface area contributed by atoms with E-state index in [-0.39, 0.29) is 12.4 Å². The number of nitrogens with zero attached hydrogens (tertiary/aromatic N) is 1. The number of benzene rings is 1. The van der Waals surface area contributed by atoms with Gasteiger partial charge in [-0.15, -0.1) is 12.4 Å². The molecule has 1 aliphatic carbocycles. The quantitative estimate of drug-likeness (QED) is 0.742. The lowest BCUT2D eigenvalue weighted by Crippen LogP contribution is -1.83. The van der Waals surface area contributed by atoms with Crippen LogP contribution in [0.15, 0.2) is 42.7 Å². The van der Waals surface area contributed by atoms with Gasteiger partial charge < -0.3 is 0 Å². The second-order valence-corrected chi connectivity index (χ2v) is 4.61. The van der Waals surface area contributed by atoms with Gasteiger partial charge in [0.2, 0.25) is 0 Å². The zero-order valence-electron chi connectivity index (χ0n) is 10.4. The summed E-state index contributed by atoms with van der Waals surface area (Å²) >= 11 is 0. The first-order chi connectivity index (χ1) is 8.33. The second-order valence-electron chi connectivity index (χ2n) is 4.61. The van der Waals surface area contributed by atoms with Gasteiger partial charge >= 0.3 is 0 Å². The molecular weight excluding hydrogens is 242 g/mol. The Morgan fingerprint density at radius 3 is 2.61 bits per heavy atom. The highest BCUT2D eigenvalue weighted by Gasteiger charge is 2.15. The number of allylic oxidation sites excluding steroid dienone is 1. The van der Waals surface area contributed by atoms with Crippen molar-refractivity contribution in [3.63, 3.8) is 0 Å². The molecule has 0 saturated heterocycles. The molecule has 0 atom stereocenters. The fourth-order valence-electron chi connectivity index (χ4n) is 2.42. The van der Waals surface area contributed by atoms with Crippen molar-refractivity contribution in [3.8, 4) is 0 Å². The molecule has 0 saturated carbocycles. The number of aromatic nitrogens is 1. The summed E-state index contributed by atoms with van der Waals surface area (Å²) in [6.07, 6.45) is 8.30. The van der Waals surface area contributed by atoms with E-state index in [9.17, 15) is 0 Å². The minimum absolute atomic E-state index is 0. The smallest absolute Gasteiger partial charge is 0.0273 e. The molecule has 0 aliphatic heterocycles. The highest BCUT2D eigenvalue weighted by molar-refractivity contribution is 5.85. The highest BCUT2D eigenvalue weighted by Crippen LogP contribution is 2.34. The maximum Gasteiger partial charge on any atom is 0.0273 e. The third-order valence-corrected chi connectivity index (χ3v) is 3.32. The molecular formula is C16H16ClN. The molecule has 0 bridgehead atoms. The summed E-state index contributed by atoms with van der Waals surface area (Å²) in [6, 6.07) is 10.9. The lowest BCUT2D eigenvalue weighted by molar-refractivity contribution is 1.08. The monoisotopic (exact) mass is 257 g/mol. The van der Waals surface area contributed by atoms with Gasteiger partial charge in [0.05, 0.1) is 0 Å². The largest absolute Gasteiger partial charge is 0.265 e. The minimum Gasteiger partial charge on any atom is -0.265 e. The van der Waals surface area contributed by atoms with Crippen molar-refractivity contribution in [3.05, 3.63) is 65.0 Å². The van der Waals surface area contributed by atoms with Crippen molar-refractivity contribution in [1.82, 2.24) is 4.98 Å². The molecule has 18 heavy (non-hydrogen) atoms. The Kier molecular flexibility index (Phi) is 3.83. The van der Waals surface area contributed by atoms with E-state index in [2.05, 4.69) is 48.3 Å². The van der Waals surface area contributed by atoms with Gasteiger partial charge in [-0.3, -0.25) is 4.98 Å². The average Bonchev–Trinajstić information content (AvgIpc) is 2.73. The Morgan fingerprint density at radius 1 is 1.06 bits per heavy atom.